The first kappa shape index (κ1) is 23.5. The molecule has 0 aliphatic heterocycles. The largest absolute Gasteiger partial charge is 0.505 e. The summed E-state index contributed by atoms with van der Waals surface area (Å²) in [6, 6.07) is 18.9. The van der Waals surface area contributed by atoms with Crippen molar-refractivity contribution in [1.29, 1.82) is 0 Å². The van der Waals surface area contributed by atoms with Gasteiger partial charge in [0.2, 0.25) is 0 Å². The highest BCUT2D eigenvalue weighted by atomic mass is 16.5. The number of rotatable bonds is 5. The van der Waals surface area contributed by atoms with Crippen molar-refractivity contribution in [3.05, 3.63) is 83.6 Å². The smallest absolute Gasteiger partial charge is 0.311 e. The first-order chi connectivity index (χ1) is 17.2. The van der Waals surface area contributed by atoms with Gasteiger partial charge < -0.3 is 9.84 Å². The maximum atomic E-state index is 12.8. The number of pyridine rings is 1. The minimum absolute atomic E-state index is 0.131. The molecular weight excluding hydrogens is 452 g/mol. The van der Waals surface area contributed by atoms with E-state index in [-0.39, 0.29) is 23.6 Å². The average molecular weight is 481 g/mol. The van der Waals surface area contributed by atoms with Crippen molar-refractivity contribution in [2.75, 3.05) is 0 Å². The Labute approximate surface area is 209 Å². The van der Waals surface area contributed by atoms with Gasteiger partial charge in [0, 0.05) is 23.6 Å². The van der Waals surface area contributed by atoms with Gasteiger partial charge >= 0.3 is 5.97 Å². The number of esters is 1. The molecule has 0 bridgehead atoms. The number of carbonyl (C=O) groups is 1. The molecule has 2 aromatic heterocycles. The molecule has 0 aliphatic carbocycles. The van der Waals surface area contributed by atoms with Crippen LogP contribution in [0.5, 0.6) is 11.5 Å². The zero-order valence-electron chi connectivity index (χ0n) is 20.8. The fraction of sp³-hybridized carbons (Fsp3) is 0.241. The average Bonchev–Trinajstić information content (AvgIpc) is 3.29. The van der Waals surface area contributed by atoms with Gasteiger partial charge in [-0.15, -0.1) is 15.0 Å². The van der Waals surface area contributed by atoms with Gasteiger partial charge in [-0.25, -0.2) is 0 Å². The van der Waals surface area contributed by atoms with Crippen LogP contribution >= 0.6 is 0 Å². The second-order valence-electron chi connectivity index (χ2n) is 9.99. The Morgan fingerprint density at radius 2 is 1.72 bits per heavy atom. The highest BCUT2D eigenvalue weighted by molar-refractivity contribution is 5.89. The number of aryl methyl sites for hydroxylation is 2. The Morgan fingerprint density at radius 3 is 2.42 bits per heavy atom. The molecular formula is C29H28N4O3. The van der Waals surface area contributed by atoms with Gasteiger partial charge in [-0.2, -0.15) is 0 Å². The first-order valence-corrected chi connectivity index (χ1v) is 11.9. The molecule has 0 fully saturated rings. The van der Waals surface area contributed by atoms with E-state index in [1.165, 1.54) is 4.80 Å². The van der Waals surface area contributed by atoms with Gasteiger partial charge in [0.15, 0.2) is 5.75 Å². The van der Waals surface area contributed by atoms with Crippen LogP contribution in [0.1, 0.15) is 43.9 Å². The monoisotopic (exact) mass is 480 g/mol. The molecule has 0 unspecified atom stereocenters. The lowest BCUT2D eigenvalue weighted by Gasteiger charge is -2.23. The third kappa shape index (κ3) is 4.52. The predicted molar refractivity (Wildman–Crippen MR) is 140 cm³/mol. The molecule has 0 saturated heterocycles. The van der Waals surface area contributed by atoms with Crippen LogP contribution in [0, 0.1) is 6.92 Å². The highest BCUT2D eigenvalue weighted by Crippen LogP contribution is 2.36. The second kappa shape index (κ2) is 9.07. The van der Waals surface area contributed by atoms with E-state index in [9.17, 15) is 9.90 Å². The molecule has 36 heavy (non-hydrogen) atoms. The summed E-state index contributed by atoms with van der Waals surface area (Å²) in [6.45, 7) is 8.10. The molecule has 0 amide bonds. The number of carbonyl (C=O) groups excluding carboxylic acids is 1. The van der Waals surface area contributed by atoms with Crippen LogP contribution in [0.15, 0.2) is 66.9 Å². The zero-order valence-corrected chi connectivity index (χ0v) is 20.8. The van der Waals surface area contributed by atoms with Gasteiger partial charge in [0.1, 0.15) is 28.0 Å². The summed E-state index contributed by atoms with van der Waals surface area (Å²) in [4.78, 5) is 18.7. The summed E-state index contributed by atoms with van der Waals surface area (Å²) in [6.07, 6.45) is 2.30. The van der Waals surface area contributed by atoms with Gasteiger partial charge in [-0.1, -0.05) is 51.1 Å². The quantitative estimate of drug-likeness (QED) is 0.252. The zero-order chi connectivity index (χ0) is 25.4. The van der Waals surface area contributed by atoms with E-state index in [1.807, 2.05) is 82.3 Å². The lowest BCUT2D eigenvalue weighted by molar-refractivity contribution is -0.134. The molecule has 3 aromatic carbocycles. The van der Waals surface area contributed by atoms with Crippen molar-refractivity contribution in [2.45, 2.75) is 46.0 Å². The molecule has 7 nitrogen and oxygen atoms in total. The summed E-state index contributed by atoms with van der Waals surface area (Å²) in [5, 5.41) is 21.2. The third-order valence-corrected chi connectivity index (χ3v) is 6.25. The number of hydrogen-bond donors (Lipinski definition) is 1. The fourth-order valence-electron chi connectivity index (χ4n) is 4.31. The van der Waals surface area contributed by atoms with Crippen molar-refractivity contribution < 1.29 is 14.6 Å². The minimum atomic E-state index is -0.347. The normalized spacial score (nSPS) is 11.8. The lowest BCUT2D eigenvalue weighted by atomic mass is 9.84. The molecule has 0 radical (unpaired) electrons. The van der Waals surface area contributed by atoms with Crippen LogP contribution in [-0.4, -0.2) is 31.1 Å². The van der Waals surface area contributed by atoms with E-state index in [2.05, 4.69) is 15.2 Å². The molecule has 182 valence electrons. The van der Waals surface area contributed by atoms with Crippen molar-refractivity contribution in [1.82, 2.24) is 20.0 Å². The first-order valence-electron chi connectivity index (χ1n) is 11.9. The van der Waals surface area contributed by atoms with Crippen LogP contribution in [-0.2, 0) is 16.6 Å². The molecule has 7 heteroatoms. The molecule has 2 heterocycles. The van der Waals surface area contributed by atoms with Crippen molar-refractivity contribution in [3.8, 4) is 17.2 Å². The summed E-state index contributed by atoms with van der Waals surface area (Å²) in [5.41, 5.74) is 5.03. The van der Waals surface area contributed by atoms with Crippen molar-refractivity contribution >= 4 is 27.9 Å². The Hall–Kier alpha value is -4.26. The van der Waals surface area contributed by atoms with E-state index < -0.39 is 0 Å². The van der Waals surface area contributed by atoms with E-state index >= 15 is 0 Å². The topological polar surface area (TPSA) is 90.1 Å². The molecule has 0 spiro atoms. The maximum Gasteiger partial charge on any atom is 0.311 e. The van der Waals surface area contributed by atoms with Gasteiger partial charge in [-0.05, 0) is 60.2 Å². The Morgan fingerprint density at radius 1 is 1.00 bits per heavy atom. The summed E-state index contributed by atoms with van der Waals surface area (Å²) in [5.74, 6) is 0.238. The predicted octanol–water partition coefficient (Wildman–Crippen LogP) is 5.82. The fourth-order valence-corrected chi connectivity index (χ4v) is 4.31. The number of fused-ring (bicyclic) bond motifs is 2. The van der Waals surface area contributed by atoms with Crippen LogP contribution in [0.4, 0.5) is 0 Å². The van der Waals surface area contributed by atoms with Crippen molar-refractivity contribution in [3.63, 3.8) is 0 Å². The van der Waals surface area contributed by atoms with Crippen LogP contribution in [0.25, 0.3) is 27.6 Å². The molecule has 1 N–H and O–H groups in total. The Balaban J connectivity index is 1.43. The van der Waals surface area contributed by atoms with Crippen LogP contribution in [0.2, 0.25) is 0 Å². The van der Waals surface area contributed by atoms with Crippen LogP contribution in [0.3, 0.4) is 0 Å². The van der Waals surface area contributed by atoms with Gasteiger partial charge in [-0.3, -0.25) is 9.78 Å². The van der Waals surface area contributed by atoms with E-state index in [0.717, 1.165) is 33.1 Å². The Kier molecular flexibility index (Phi) is 5.92. The van der Waals surface area contributed by atoms with Gasteiger partial charge in [0.25, 0.3) is 0 Å². The van der Waals surface area contributed by atoms with E-state index in [1.54, 1.807) is 12.3 Å². The lowest BCUT2D eigenvalue weighted by Crippen LogP contribution is -2.15. The number of hydrogen-bond acceptors (Lipinski definition) is 6. The number of benzene rings is 3. The number of aromatic nitrogens is 4. The third-order valence-electron chi connectivity index (χ3n) is 6.25. The minimum Gasteiger partial charge on any atom is -0.505 e. The van der Waals surface area contributed by atoms with Gasteiger partial charge in [0.05, 0.1) is 0 Å². The molecule has 5 aromatic rings. The Bertz CT molecular complexity index is 1570. The standard InChI is InChI=1S/C29H28N4O3/c1-18-11-13-25(27-20(18)8-7-15-30-27)36-26(34)14-12-19-16-21(29(2,3)4)28(35)24(17-19)33-31-22-9-5-6-10-23(22)32-33/h5-11,13,15-17,35H,12,14H2,1-4H3. The van der Waals surface area contributed by atoms with Crippen molar-refractivity contribution in [2.24, 2.45) is 0 Å². The molecule has 0 saturated carbocycles. The number of ether oxygens (including phenoxy) is 1. The van der Waals surface area contributed by atoms with Crippen LogP contribution < -0.4 is 4.74 Å². The number of phenols is 1. The summed E-state index contributed by atoms with van der Waals surface area (Å²) < 4.78 is 5.70. The number of phenolic OH excluding ortho intramolecular Hbond substituents is 1. The van der Waals surface area contributed by atoms with E-state index in [0.29, 0.717) is 23.4 Å². The molecule has 0 aliphatic rings. The highest BCUT2D eigenvalue weighted by Gasteiger charge is 2.23. The summed E-state index contributed by atoms with van der Waals surface area (Å²) in [7, 11) is 0. The number of aromatic hydroxyl groups is 1. The SMILES string of the molecule is Cc1ccc(OC(=O)CCc2cc(-n3nc4ccccc4n3)c(O)c(C(C)(C)C)c2)c2ncccc12. The maximum absolute atomic E-state index is 12.8. The number of nitrogens with zero attached hydrogens (tertiary/aromatic N) is 4. The second-order valence-corrected chi connectivity index (χ2v) is 9.99. The summed E-state index contributed by atoms with van der Waals surface area (Å²) >= 11 is 0. The molecule has 0 atom stereocenters. The molecule has 5 rings (SSSR count). The van der Waals surface area contributed by atoms with E-state index in [4.69, 9.17) is 4.74 Å².